The van der Waals surface area contributed by atoms with Gasteiger partial charge in [-0.05, 0) is 43.8 Å². The van der Waals surface area contributed by atoms with E-state index in [9.17, 15) is 9.66 Å². The second-order valence-electron chi connectivity index (χ2n) is 8.07. The van der Waals surface area contributed by atoms with Crippen LogP contribution in [0.3, 0.4) is 0 Å². The lowest BCUT2D eigenvalue weighted by molar-refractivity contribution is 0.0976. The SMILES string of the molecule is CCCCCCCCCCCC[S+]([O-])C(CCCCCCCC)C(C)[O]. The fourth-order valence-corrected chi connectivity index (χ4v) is 5.24. The maximum Gasteiger partial charge on any atom is 0.144 e. The van der Waals surface area contributed by atoms with Crippen molar-refractivity contribution in [1.29, 1.82) is 0 Å². The van der Waals surface area contributed by atoms with Crippen LogP contribution in [0.15, 0.2) is 0 Å². The van der Waals surface area contributed by atoms with Gasteiger partial charge in [-0.25, -0.2) is 5.11 Å². The Bertz CT molecular complexity index is 271. The third-order valence-corrected chi connectivity index (χ3v) is 7.39. The molecule has 0 spiro atoms. The number of unbranched alkanes of at least 4 members (excludes halogenated alkanes) is 14. The molecule has 1 radical (unpaired) electrons. The third-order valence-electron chi connectivity index (χ3n) is 5.40. The summed E-state index contributed by atoms with van der Waals surface area (Å²) in [6.45, 7) is 6.19. The van der Waals surface area contributed by atoms with E-state index in [1.165, 1.54) is 89.9 Å². The van der Waals surface area contributed by atoms with Gasteiger partial charge in [0.25, 0.3) is 0 Å². The van der Waals surface area contributed by atoms with Crippen molar-refractivity contribution in [3.8, 4) is 0 Å². The molecule has 0 saturated heterocycles. The first kappa shape index (κ1) is 26.3. The summed E-state index contributed by atoms with van der Waals surface area (Å²) in [4.78, 5) is 0. The maximum absolute atomic E-state index is 12.5. The van der Waals surface area contributed by atoms with E-state index in [4.69, 9.17) is 0 Å². The second-order valence-corrected chi connectivity index (χ2v) is 9.84. The molecule has 3 heteroatoms. The van der Waals surface area contributed by atoms with Crippen LogP contribution in [-0.4, -0.2) is 21.7 Å². The van der Waals surface area contributed by atoms with Crippen molar-refractivity contribution >= 4 is 11.2 Å². The predicted octanol–water partition coefficient (Wildman–Crippen LogP) is 7.59. The Labute approximate surface area is 168 Å². The van der Waals surface area contributed by atoms with Crippen LogP contribution in [0.5, 0.6) is 0 Å². The Balaban J connectivity index is 3.64. The van der Waals surface area contributed by atoms with Crippen LogP contribution in [0.25, 0.3) is 0 Å². The molecule has 157 valence electrons. The average Bonchev–Trinajstić information content (AvgIpc) is 2.62. The molecule has 0 aliphatic rings. The molecular formula is C23H47O2S. The Kier molecular flexibility index (Phi) is 20.2. The number of rotatable bonds is 20. The van der Waals surface area contributed by atoms with Crippen molar-refractivity contribution in [2.24, 2.45) is 0 Å². The molecule has 0 N–H and O–H groups in total. The highest BCUT2D eigenvalue weighted by Crippen LogP contribution is 2.19. The molecule has 0 aromatic carbocycles. The number of hydrogen-bond acceptors (Lipinski definition) is 1. The van der Waals surface area contributed by atoms with Crippen LogP contribution >= 0.6 is 0 Å². The van der Waals surface area contributed by atoms with Crippen LogP contribution in [-0.2, 0) is 16.3 Å². The zero-order valence-corrected chi connectivity index (χ0v) is 18.9. The predicted molar refractivity (Wildman–Crippen MR) is 117 cm³/mol. The Hall–Kier alpha value is 0.270. The summed E-state index contributed by atoms with van der Waals surface area (Å²) in [7, 11) is 0. The van der Waals surface area contributed by atoms with Crippen LogP contribution in [0.2, 0.25) is 0 Å². The van der Waals surface area contributed by atoms with E-state index in [1.807, 2.05) is 0 Å². The van der Waals surface area contributed by atoms with Crippen molar-refractivity contribution < 1.29 is 9.66 Å². The van der Waals surface area contributed by atoms with Gasteiger partial charge in [0.1, 0.15) is 17.1 Å². The first-order chi connectivity index (χ1) is 12.6. The van der Waals surface area contributed by atoms with Gasteiger partial charge < -0.3 is 4.55 Å². The first-order valence-corrected chi connectivity index (χ1v) is 13.0. The van der Waals surface area contributed by atoms with Crippen LogP contribution in [0.4, 0.5) is 0 Å². The van der Waals surface area contributed by atoms with Crippen molar-refractivity contribution in [3.05, 3.63) is 0 Å². The Morgan fingerprint density at radius 2 is 1.04 bits per heavy atom. The van der Waals surface area contributed by atoms with Gasteiger partial charge in [-0.15, -0.1) is 0 Å². The van der Waals surface area contributed by atoms with Gasteiger partial charge in [0.15, 0.2) is 0 Å². The molecule has 0 aromatic heterocycles. The van der Waals surface area contributed by atoms with Gasteiger partial charge in [-0.3, -0.25) is 0 Å². The maximum atomic E-state index is 12.5. The fourth-order valence-electron chi connectivity index (χ4n) is 3.59. The molecule has 0 aliphatic heterocycles. The lowest BCUT2D eigenvalue weighted by Crippen LogP contribution is -2.33. The fraction of sp³-hybridized carbons (Fsp3) is 1.00. The van der Waals surface area contributed by atoms with Crippen LogP contribution in [0, 0.1) is 0 Å². The molecule has 0 fully saturated rings. The molecule has 0 aliphatic carbocycles. The summed E-state index contributed by atoms with van der Waals surface area (Å²) < 4.78 is 12.5. The topological polar surface area (TPSA) is 43.0 Å². The molecule has 3 unspecified atom stereocenters. The molecule has 2 nitrogen and oxygen atoms in total. The Morgan fingerprint density at radius 3 is 1.46 bits per heavy atom. The normalized spacial score (nSPS) is 15.1. The smallest absolute Gasteiger partial charge is 0.144 e. The third kappa shape index (κ3) is 16.4. The van der Waals surface area contributed by atoms with Crippen molar-refractivity contribution in [2.75, 3.05) is 5.75 Å². The molecule has 3 atom stereocenters. The van der Waals surface area contributed by atoms with Gasteiger partial charge in [0.2, 0.25) is 0 Å². The minimum absolute atomic E-state index is 0.125. The molecule has 0 heterocycles. The summed E-state index contributed by atoms with van der Waals surface area (Å²) >= 11 is -0.922. The van der Waals surface area contributed by atoms with Gasteiger partial charge in [-0.1, -0.05) is 97.3 Å². The zero-order valence-electron chi connectivity index (χ0n) is 18.1. The standard InChI is InChI=1S/C23H47O2S/c1-4-6-8-10-12-13-14-15-17-19-21-26(25)23(22(3)24)20-18-16-11-9-7-5-2/h22-23H,4-21H2,1-3H3. The average molecular weight is 388 g/mol. The van der Waals surface area contributed by atoms with E-state index in [1.54, 1.807) is 6.92 Å². The largest absolute Gasteiger partial charge is 0.616 e. The van der Waals surface area contributed by atoms with Gasteiger partial charge in [-0.2, -0.15) is 0 Å². The van der Waals surface area contributed by atoms with E-state index in [-0.39, 0.29) is 5.25 Å². The molecule has 0 bridgehead atoms. The van der Waals surface area contributed by atoms with E-state index >= 15 is 0 Å². The number of hydrogen-bond donors (Lipinski definition) is 0. The van der Waals surface area contributed by atoms with Gasteiger partial charge in [0, 0.05) is 0 Å². The summed E-state index contributed by atoms with van der Waals surface area (Å²) in [5, 5.41) is 11.8. The van der Waals surface area contributed by atoms with Gasteiger partial charge in [0.05, 0.1) is 0 Å². The summed E-state index contributed by atoms with van der Waals surface area (Å²) in [5.74, 6) is 0.740. The van der Waals surface area contributed by atoms with E-state index in [0.29, 0.717) is 0 Å². The second kappa shape index (κ2) is 20.0. The summed E-state index contributed by atoms with van der Waals surface area (Å²) in [6, 6.07) is 0. The minimum Gasteiger partial charge on any atom is -0.616 e. The van der Waals surface area contributed by atoms with Crippen molar-refractivity contribution in [1.82, 2.24) is 0 Å². The Morgan fingerprint density at radius 1 is 0.654 bits per heavy atom. The zero-order chi connectivity index (χ0) is 19.5. The molecule has 0 aromatic rings. The van der Waals surface area contributed by atoms with E-state index in [0.717, 1.165) is 25.0 Å². The highest BCUT2D eigenvalue weighted by atomic mass is 32.2. The van der Waals surface area contributed by atoms with Crippen molar-refractivity contribution in [3.63, 3.8) is 0 Å². The molecular weight excluding hydrogens is 340 g/mol. The summed E-state index contributed by atoms with van der Waals surface area (Å²) in [6.07, 6.45) is 20.6. The lowest BCUT2D eigenvalue weighted by Gasteiger charge is -2.23. The molecule has 26 heavy (non-hydrogen) atoms. The van der Waals surface area contributed by atoms with E-state index in [2.05, 4.69) is 13.8 Å². The monoisotopic (exact) mass is 387 g/mol. The highest BCUT2D eigenvalue weighted by Gasteiger charge is 2.27. The van der Waals surface area contributed by atoms with Crippen LogP contribution in [0.1, 0.15) is 130 Å². The lowest BCUT2D eigenvalue weighted by atomic mass is 10.1. The van der Waals surface area contributed by atoms with Crippen molar-refractivity contribution in [2.45, 2.75) is 141 Å². The van der Waals surface area contributed by atoms with Gasteiger partial charge >= 0.3 is 0 Å². The minimum atomic E-state index is -0.922. The first-order valence-electron chi connectivity index (χ1n) is 11.7. The quantitative estimate of drug-likeness (QED) is 0.157. The highest BCUT2D eigenvalue weighted by molar-refractivity contribution is 7.92. The molecule has 0 saturated carbocycles. The van der Waals surface area contributed by atoms with E-state index < -0.39 is 17.3 Å². The molecule has 0 rings (SSSR count). The molecule has 0 amide bonds. The summed E-state index contributed by atoms with van der Waals surface area (Å²) in [5.41, 5.74) is 0. The van der Waals surface area contributed by atoms with Crippen LogP contribution < -0.4 is 0 Å².